The standard InChI is InChI=1S/C18H26O/c1-12-9-13(2)11-15(10-12)18(19)17-6-4-3-5-16(17)14-7-8-14/h3-6,12-15,18-19H,7-11H2,1-2H3. The first kappa shape index (κ1) is 13.2. The first-order valence-electron chi connectivity index (χ1n) is 7.92. The summed E-state index contributed by atoms with van der Waals surface area (Å²) in [5.74, 6) is 2.70. The molecule has 0 radical (unpaired) electrons. The van der Waals surface area contributed by atoms with E-state index in [1.54, 1.807) is 0 Å². The summed E-state index contributed by atoms with van der Waals surface area (Å²) < 4.78 is 0. The number of hydrogen-bond acceptors (Lipinski definition) is 1. The maximum Gasteiger partial charge on any atom is 0.0821 e. The summed E-state index contributed by atoms with van der Waals surface area (Å²) in [4.78, 5) is 0. The van der Waals surface area contributed by atoms with E-state index in [-0.39, 0.29) is 6.10 Å². The monoisotopic (exact) mass is 258 g/mol. The minimum atomic E-state index is -0.248. The second-order valence-electron chi connectivity index (χ2n) is 7.03. The Kier molecular flexibility index (Phi) is 3.66. The molecule has 1 heteroatoms. The molecule has 2 aliphatic carbocycles. The lowest BCUT2D eigenvalue weighted by Gasteiger charge is -2.35. The van der Waals surface area contributed by atoms with E-state index >= 15 is 0 Å². The van der Waals surface area contributed by atoms with E-state index in [1.165, 1.54) is 43.2 Å². The highest BCUT2D eigenvalue weighted by molar-refractivity contribution is 5.35. The van der Waals surface area contributed by atoms with Crippen LogP contribution in [-0.4, -0.2) is 5.11 Å². The lowest BCUT2D eigenvalue weighted by molar-refractivity contribution is 0.0545. The van der Waals surface area contributed by atoms with Gasteiger partial charge in [-0.15, -0.1) is 0 Å². The molecule has 0 spiro atoms. The first-order chi connectivity index (χ1) is 9.15. The fraction of sp³-hybridized carbons (Fsp3) is 0.667. The van der Waals surface area contributed by atoms with Crippen LogP contribution in [0.4, 0.5) is 0 Å². The Hall–Kier alpha value is -0.820. The van der Waals surface area contributed by atoms with Crippen molar-refractivity contribution in [2.75, 3.05) is 0 Å². The van der Waals surface area contributed by atoms with Crippen molar-refractivity contribution in [2.45, 2.75) is 58.0 Å². The van der Waals surface area contributed by atoms with Crippen molar-refractivity contribution in [1.29, 1.82) is 0 Å². The molecule has 104 valence electrons. The quantitative estimate of drug-likeness (QED) is 0.835. The zero-order valence-corrected chi connectivity index (χ0v) is 12.2. The molecule has 0 aliphatic heterocycles. The number of hydrogen-bond donors (Lipinski definition) is 1. The Morgan fingerprint density at radius 1 is 1.00 bits per heavy atom. The lowest BCUT2D eigenvalue weighted by atomic mass is 9.73. The van der Waals surface area contributed by atoms with Crippen molar-refractivity contribution in [3.63, 3.8) is 0 Å². The molecule has 1 N–H and O–H groups in total. The van der Waals surface area contributed by atoms with Crippen LogP contribution in [0.3, 0.4) is 0 Å². The third kappa shape index (κ3) is 2.86. The zero-order valence-electron chi connectivity index (χ0n) is 12.2. The van der Waals surface area contributed by atoms with Gasteiger partial charge in [-0.2, -0.15) is 0 Å². The summed E-state index contributed by atoms with van der Waals surface area (Å²) in [5, 5.41) is 10.8. The fourth-order valence-corrected chi connectivity index (χ4v) is 4.07. The van der Waals surface area contributed by atoms with Crippen molar-refractivity contribution in [2.24, 2.45) is 17.8 Å². The molecule has 0 bridgehead atoms. The normalized spacial score (nSPS) is 33.1. The Bertz CT molecular complexity index is 425. The Balaban J connectivity index is 1.81. The molecule has 2 saturated carbocycles. The molecule has 0 heterocycles. The summed E-state index contributed by atoms with van der Waals surface area (Å²) in [7, 11) is 0. The molecule has 1 nitrogen and oxygen atoms in total. The van der Waals surface area contributed by atoms with Gasteiger partial charge >= 0.3 is 0 Å². The van der Waals surface area contributed by atoms with Gasteiger partial charge < -0.3 is 5.11 Å². The SMILES string of the molecule is CC1CC(C)CC(C(O)c2ccccc2C2CC2)C1. The number of rotatable bonds is 3. The number of aliphatic hydroxyl groups excluding tert-OH is 1. The molecular formula is C18H26O. The molecular weight excluding hydrogens is 232 g/mol. The molecule has 0 aromatic heterocycles. The van der Waals surface area contributed by atoms with Gasteiger partial charge in [0.25, 0.3) is 0 Å². The molecule has 0 amide bonds. The van der Waals surface area contributed by atoms with Gasteiger partial charge in [0, 0.05) is 0 Å². The van der Waals surface area contributed by atoms with E-state index in [4.69, 9.17) is 0 Å². The van der Waals surface area contributed by atoms with E-state index in [1.807, 2.05) is 0 Å². The predicted molar refractivity (Wildman–Crippen MR) is 79.0 cm³/mol. The van der Waals surface area contributed by atoms with Gasteiger partial charge in [-0.3, -0.25) is 0 Å². The first-order valence-corrected chi connectivity index (χ1v) is 7.92. The highest BCUT2D eigenvalue weighted by Gasteiger charge is 2.33. The van der Waals surface area contributed by atoms with Gasteiger partial charge in [-0.25, -0.2) is 0 Å². The Labute approximate surface area is 117 Å². The summed E-state index contributed by atoms with van der Waals surface area (Å²) >= 11 is 0. The average molecular weight is 258 g/mol. The van der Waals surface area contributed by atoms with E-state index in [2.05, 4.69) is 38.1 Å². The van der Waals surface area contributed by atoms with Crippen molar-refractivity contribution in [3.05, 3.63) is 35.4 Å². The van der Waals surface area contributed by atoms with Gasteiger partial charge in [0.2, 0.25) is 0 Å². The van der Waals surface area contributed by atoms with Crippen LogP contribution in [0.5, 0.6) is 0 Å². The molecule has 19 heavy (non-hydrogen) atoms. The summed E-state index contributed by atoms with van der Waals surface area (Å²) in [5.41, 5.74) is 2.64. The largest absolute Gasteiger partial charge is 0.388 e. The topological polar surface area (TPSA) is 20.2 Å². The van der Waals surface area contributed by atoms with Crippen LogP contribution in [0, 0.1) is 17.8 Å². The smallest absolute Gasteiger partial charge is 0.0821 e. The second-order valence-corrected chi connectivity index (χ2v) is 7.03. The molecule has 3 atom stereocenters. The minimum Gasteiger partial charge on any atom is -0.388 e. The van der Waals surface area contributed by atoms with E-state index in [0.717, 1.165) is 17.8 Å². The molecule has 1 aromatic carbocycles. The second kappa shape index (κ2) is 5.28. The molecule has 1 aromatic rings. The van der Waals surface area contributed by atoms with Gasteiger partial charge in [0.1, 0.15) is 0 Å². The van der Waals surface area contributed by atoms with Crippen LogP contribution >= 0.6 is 0 Å². The molecule has 3 unspecified atom stereocenters. The fourth-order valence-electron chi connectivity index (χ4n) is 4.07. The predicted octanol–water partition coefficient (Wildman–Crippen LogP) is 4.67. The maximum atomic E-state index is 10.8. The third-order valence-corrected chi connectivity index (χ3v) is 4.99. The molecule has 3 rings (SSSR count). The van der Waals surface area contributed by atoms with Crippen molar-refractivity contribution < 1.29 is 5.11 Å². The van der Waals surface area contributed by atoms with Gasteiger partial charge in [-0.1, -0.05) is 38.1 Å². The van der Waals surface area contributed by atoms with E-state index < -0.39 is 0 Å². The maximum absolute atomic E-state index is 10.8. The van der Waals surface area contributed by atoms with Crippen molar-refractivity contribution >= 4 is 0 Å². The number of benzene rings is 1. The summed E-state index contributed by atoms with van der Waals surface area (Å²) in [6.45, 7) is 4.67. The van der Waals surface area contributed by atoms with Crippen molar-refractivity contribution in [1.82, 2.24) is 0 Å². The lowest BCUT2D eigenvalue weighted by Crippen LogP contribution is -2.25. The minimum absolute atomic E-state index is 0.248. The number of aliphatic hydroxyl groups is 1. The highest BCUT2D eigenvalue weighted by atomic mass is 16.3. The highest BCUT2D eigenvalue weighted by Crippen LogP contribution is 2.46. The van der Waals surface area contributed by atoms with Gasteiger partial charge in [0.15, 0.2) is 0 Å². The van der Waals surface area contributed by atoms with Crippen LogP contribution in [0.2, 0.25) is 0 Å². The van der Waals surface area contributed by atoms with Crippen LogP contribution in [0.25, 0.3) is 0 Å². The summed E-state index contributed by atoms with van der Waals surface area (Å²) in [6.07, 6.45) is 6.06. The van der Waals surface area contributed by atoms with Gasteiger partial charge in [-0.05, 0) is 66.9 Å². The van der Waals surface area contributed by atoms with Crippen LogP contribution in [-0.2, 0) is 0 Å². The Morgan fingerprint density at radius 3 is 2.26 bits per heavy atom. The van der Waals surface area contributed by atoms with Crippen molar-refractivity contribution in [3.8, 4) is 0 Å². The van der Waals surface area contributed by atoms with Crippen LogP contribution in [0.15, 0.2) is 24.3 Å². The van der Waals surface area contributed by atoms with Crippen LogP contribution < -0.4 is 0 Å². The molecule has 0 saturated heterocycles. The van der Waals surface area contributed by atoms with E-state index in [9.17, 15) is 5.11 Å². The Morgan fingerprint density at radius 2 is 1.63 bits per heavy atom. The molecule has 2 fully saturated rings. The van der Waals surface area contributed by atoms with E-state index in [0.29, 0.717) is 5.92 Å². The molecule has 2 aliphatic rings. The summed E-state index contributed by atoms with van der Waals surface area (Å²) in [6, 6.07) is 8.59. The zero-order chi connectivity index (χ0) is 13.4. The van der Waals surface area contributed by atoms with Gasteiger partial charge in [0.05, 0.1) is 6.10 Å². The third-order valence-electron chi connectivity index (χ3n) is 4.99. The van der Waals surface area contributed by atoms with Crippen LogP contribution in [0.1, 0.15) is 69.1 Å². The average Bonchev–Trinajstić information content (AvgIpc) is 3.21.